The molecule has 2 aromatic rings. The van der Waals surface area contributed by atoms with Crippen LogP contribution in [-0.4, -0.2) is 12.2 Å². The highest BCUT2D eigenvalue weighted by molar-refractivity contribution is 5.49. The van der Waals surface area contributed by atoms with Crippen molar-refractivity contribution in [2.24, 2.45) is 5.73 Å². The van der Waals surface area contributed by atoms with Gasteiger partial charge in [0.25, 0.3) is 0 Å². The van der Waals surface area contributed by atoms with Gasteiger partial charge in [-0.3, -0.25) is 0 Å². The van der Waals surface area contributed by atoms with Gasteiger partial charge in [0, 0.05) is 18.0 Å². The highest BCUT2D eigenvalue weighted by Crippen LogP contribution is 2.47. The molecule has 0 radical (unpaired) electrons. The van der Waals surface area contributed by atoms with Crippen LogP contribution < -0.4 is 10.5 Å². The van der Waals surface area contributed by atoms with Gasteiger partial charge in [0.05, 0.1) is 7.11 Å². The molecule has 2 atom stereocenters. The van der Waals surface area contributed by atoms with Crippen LogP contribution in [0.15, 0.2) is 42.5 Å². The fourth-order valence-electron chi connectivity index (χ4n) is 2.98. The summed E-state index contributed by atoms with van der Waals surface area (Å²) in [4.78, 5) is 0. The predicted octanol–water partition coefficient (Wildman–Crippen LogP) is 2.47. The quantitative estimate of drug-likeness (QED) is 0.883. The lowest BCUT2D eigenvalue weighted by atomic mass is 9.87. The zero-order valence-corrected chi connectivity index (χ0v) is 11.1. The molecular formula is C16H16FNO2. The molecule has 20 heavy (non-hydrogen) atoms. The molecule has 0 aromatic heterocycles. The second-order valence-electron chi connectivity index (χ2n) is 5.08. The minimum absolute atomic E-state index is 0.119. The lowest BCUT2D eigenvalue weighted by molar-refractivity contribution is 0.0731. The summed E-state index contributed by atoms with van der Waals surface area (Å²) in [5, 5.41) is 11.0. The van der Waals surface area contributed by atoms with Gasteiger partial charge in [0.2, 0.25) is 0 Å². The Bertz CT molecular complexity index is 659. The molecule has 1 aliphatic rings. The highest BCUT2D eigenvalue weighted by atomic mass is 19.1. The summed E-state index contributed by atoms with van der Waals surface area (Å²) >= 11 is 0. The molecule has 3 N–H and O–H groups in total. The largest absolute Gasteiger partial charge is 0.494 e. The maximum atomic E-state index is 14.5. The van der Waals surface area contributed by atoms with Crippen molar-refractivity contribution in [1.29, 1.82) is 0 Å². The van der Waals surface area contributed by atoms with Crippen molar-refractivity contribution in [3.05, 3.63) is 65.0 Å². The molecule has 4 heteroatoms. The fourth-order valence-corrected chi connectivity index (χ4v) is 2.98. The van der Waals surface area contributed by atoms with E-state index in [0.29, 0.717) is 5.56 Å². The van der Waals surface area contributed by atoms with Gasteiger partial charge < -0.3 is 15.6 Å². The first-order valence-corrected chi connectivity index (χ1v) is 6.48. The second kappa shape index (κ2) is 4.58. The summed E-state index contributed by atoms with van der Waals surface area (Å²) < 4.78 is 19.5. The van der Waals surface area contributed by atoms with E-state index in [1.807, 2.05) is 18.2 Å². The zero-order chi connectivity index (χ0) is 14.3. The molecule has 0 saturated heterocycles. The number of rotatable bonds is 2. The van der Waals surface area contributed by atoms with Crippen LogP contribution in [-0.2, 0) is 5.60 Å². The summed E-state index contributed by atoms with van der Waals surface area (Å²) in [6.07, 6.45) is 0.260. The van der Waals surface area contributed by atoms with Crippen LogP contribution in [0.5, 0.6) is 5.75 Å². The van der Waals surface area contributed by atoms with E-state index in [2.05, 4.69) is 0 Å². The average Bonchev–Trinajstić information content (AvgIpc) is 2.72. The smallest absolute Gasteiger partial charge is 0.171 e. The third-order valence-electron chi connectivity index (χ3n) is 3.95. The van der Waals surface area contributed by atoms with Gasteiger partial charge >= 0.3 is 0 Å². The van der Waals surface area contributed by atoms with Gasteiger partial charge in [-0.05, 0) is 17.2 Å². The number of hydrogen-bond acceptors (Lipinski definition) is 3. The molecule has 2 unspecified atom stereocenters. The molecule has 2 aromatic carbocycles. The van der Waals surface area contributed by atoms with Crippen molar-refractivity contribution >= 4 is 0 Å². The van der Waals surface area contributed by atoms with Crippen LogP contribution in [0, 0.1) is 5.82 Å². The van der Waals surface area contributed by atoms with Gasteiger partial charge in [-0.2, -0.15) is 0 Å². The zero-order valence-electron chi connectivity index (χ0n) is 11.1. The summed E-state index contributed by atoms with van der Waals surface area (Å²) in [6.45, 7) is 0. The molecule has 0 aliphatic heterocycles. The van der Waals surface area contributed by atoms with E-state index in [9.17, 15) is 9.50 Å². The molecule has 0 saturated carbocycles. The second-order valence-corrected chi connectivity index (χ2v) is 5.08. The van der Waals surface area contributed by atoms with Crippen LogP contribution in [0.25, 0.3) is 0 Å². The van der Waals surface area contributed by atoms with Crippen LogP contribution in [0.2, 0.25) is 0 Å². The Morgan fingerprint density at radius 3 is 2.65 bits per heavy atom. The molecule has 0 bridgehead atoms. The lowest BCUT2D eigenvalue weighted by Gasteiger charge is -2.26. The van der Waals surface area contributed by atoms with Crippen molar-refractivity contribution in [1.82, 2.24) is 0 Å². The van der Waals surface area contributed by atoms with E-state index in [-0.39, 0.29) is 23.8 Å². The summed E-state index contributed by atoms with van der Waals surface area (Å²) in [5.41, 5.74) is 6.39. The monoisotopic (exact) mass is 273 g/mol. The van der Waals surface area contributed by atoms with Crippen molar-refractivity contribution in [2.45, 2.75) is 18.1 Å². The minimum atomic E-state index is -1.41. The van der Waals surface area contributed by atoms with E-state index in [0.717, 1.165) is 5.56 Å². The van der Waals surface area contributed by atoms with E-state index in [4.69, 9.17) is 10.5 Å². The lowest BCUT2D eigenvalue weighted by Crippen LogP contribution is -2.26. The Morgan fingerprint density at radius 2 is 1.90 bits per heavy atom. The molecule has 0 amide bonds. The molecule has 104 valence electrons. The van der Waals surface area contributed by atoms with Crippen molar-refractivity contribution in [3.63, 3.8) is 0 Å². The molecule has 3 rings (SSSR count). The van der Waals surface area contributed by atoms with Crippen LogP contribution in [0.1, 0.15) is 29.2 Å². The predicted molar refractivity (Wildman–Crippen MR) is 73.9 cm³/mol. The Kier molecular flexibility index (Phi) is 3.00. The van der Waals surface area contributed by atoms with Gasteiger partial charge in [-0.1, -0.05) is 36.4 Å². The number of aliphatic hydroxyl groups is 1. The average molecular weight is 273 g/mol. The fraction of sp³-hybridized carbons (Fsp3) is 0.250. The Hall–Kier alpha value is -1.91. The summed E-state index contributed by atoms with van der Waals surface area (Å²) in [6, 6.07) is 11.8. The maximum Gasteiger partial charge on any atom is 0.171 e. The molecule has 0 fully saturated rings. The summed E-state index contributed by atoms with van der Waals surface area (Å²) in [7, 11) is 1.40. The van der Waals surface area contributed by atoms with Crippen molar-refractivity contribution < 1.29 is 14.2 Å². The third kappa shape index (κ3) is 1.72. The van der Waals surface area contributed by atoms with Gasteiger partial charge in [-0.15, -0.1) is 0 Å². The first-order valence-electron chi connectivity index (χ1n) is 6.48. The van der Waals surface area contributed by atoms with E-state index in [1.54, 1.807) is 18.2 Å². The standard InChI is InChI=1S/C16H16FNO2/c1-20-14-8-4-7-12(15(14)17)16(19)9-13(18)10-5-2-3-6-11(10)16/h2-8,13,19H,9,18H2,1H3. The Balaban J connectivity index is 2.20. The number of nitrogens with two attached hydrogens (primary N) is 1. The minimum Gasteiger partial charge on any atom is -0.494 e. The van der Waals surface area contributed by atoms with Crippen LogP contribution in [0.3, 0.4) is 0 Å². The molecule has 3 nitrogen and oxygen atoms in total. The van der Waals surface area contributed by atoms with Crippen LogP contribution in [0.4, 0.5) is 4.39 Å². The van der Waals surface area contributed by atoms with Crippen LogP contribution >= 0.6 is 0 Å². The third-order valence-corrected chi connectivity index (χ3v) is 3.95. The highest BCUT2D eigenvalue weighted by Gasteiger charge is 2.44. The number of methoxy groups -OCH3 is 1. The SMILES string of the molecule is COc1cccc(C2(O)CC(N)c3ccccc32)c1F. The first-order chi connectivity index (χ1) is 9.58. The topological polar surface area (TPSA) is 55.5 Å². The number of hydrogen-bond donors (Lipinski definition) is 2. The Morgan fingerprint density at radius 1 is 1.20 bits per heavy atom. The van der Waals surface area contributed by atoms with Gasteiger partial charge in [-0.25, -0.2) is 4.39 Å². The maximum absolute atomic E-state index is 14.5. The number of ether oxygens (including phenoxy) is 1. The summed E-state index contributed by atoms with van der Waals surface area (Å²) in [5.74, 6) is -0.421. The van der Waals surface area contributed by atoms with E-state index in [1.165, 1.54) is 13.2 Å². The van der Waals surface area contributed by atoms with Crippen molar-refractivity contribution in [3.8, 4) is 5.75 Å². The molecule has 0 heterocycles. The number of fused-ring (bicyclic) bond motifs is 1. The van der Waals surface area contributed by atoms with Gasteiger partial charge in [0.15, 0.2) is 11.6 Å². The Labute approximate surface area is 116 Å². The van der Waals surface area contributed by atoms with E-state index < -0.39 is 11.4 Å². The van der Waals surface area contributed by atoms with Crippen molar-refractivity contribution in [2.75, 3.05) is 7.11 Å². The normalized spacial score (nSPS) is 24.5. The molecule has 0 spiro atoms. The molecule has 1 aliphatic carbocycles. The van der Waals surface area contributed by atoms with E-state index >= 15 is 0 Å². The number of halogens is 1. The van der Waals surface area contributed by atoms with Gasteiger partial charge in [0.1, 0.15) is 5.60 Å². The number of benzene rings is 2. The molecular weight excluding hydrogens is 257 g/mol. The first kappa shape index (κ1) is 13.1.